The molecule has 1 saturated carbocycles. The van der Waals surface area contributed by atoms with Gasteiger partial charge in [-0.05, 0) is 98.2 Å². The Morgan fingerprint density at radius 2 is 1.82 bits per heavy atom. The summed E-state index contributed by atoms with van der Waals surface area (Å²) in [6.45, 7) is 5.05. The molecule has 3 aliphatic rings. The second-order valence-electron chi connectivity index (χ2n) is 11.3. The molecule has 0 radical (unpaired) electrons. The summed E-state index contributed by atoms with van der Waals surface area (Å²) in [5, 5.41) is 0.308. The molecule has 2 aromatic rings. The van der Waals surface area contributed by atoms with E-state index < -0.39 is 17.8 Å². The lowest BCUT2D eigenvalue weighted by Gasteiger charge is -2.46. The Morgan fingerprint density at radius 1 is 1.11 bits per heavy atom. The van der Waals surface area contributed by atoms with Crippen LogP contribution in [0.5, 0.6) is 5.75 Å². The molecule has 38 heavy (non-hydrogen) atoms. The van der Waals surface area contributed by atoms with Gasteiger partial charge in [0.05, 0.1) is 18.6 Å². The summed E-state index contributed by atoms with van der Waals surface area (Å²) in [7, 11) is 1.44. The number of ether oxygens (including phenoxy) is 2. The van der Waals surface area contributed by atoms with Crippen LogP contribution in [0, 0.1) is 11.8 Å². The van der Waals surface area contributed by atoms with E-state index in [0.29, 0.717) is 24.0 Å². The van der Waals surface area contributed by atoms with E-state index in [2.05, 4.69) is 23.1 Å². The summed E-state index contributed by atoms with van der Waals surface area (Å²) in [6.07, 6.45) is 1.08. The Kier molecular flexibility index (Phi) is 7.46. The molecule has 206 valence electrons. The van der Waals surface area contributed by atoms with E-state index in [-0.39, 0.29) is 29.0 Å². The van der Waals surface area contributed by atoms with E-state index >= 15 is 0 Å². The summed E-state index contributed by atoms with van der Waals surface area (Å²) in [4.78, 5) is 14.4. The fourth-order valence-corrected chi connectivity index (χ4v) is 6.67. The lowest BCUT2D eigenvalue weighted by molar-refractivity contribution is -0.145. The Balaban J connectivity index is 1.31. The number of hydrogen-bond acceptors (Lipinski definition) is 4. The van der Waals surface area contributed by atoms with Crippen LogP contribution in [0.3, 0.4) is 0 Å². The number of halogens is 4. The first-order valence-electron chi connectivity index (χ1n) is 13.5. The zero-order chi connectivity index (χ0) is 27.2. The summed E-state index contributed by atoms with van der Waals surface area (Å²) in [5.74, 6) is 1.06. The molecule has 2 heterocycles. The third-order valence-corrected chi connectivity index (χ3v) is 9.16. The predicted octanol–water partition coefficient (Wildman–Crippen LogP) is 7.58. The van der Waals surface area contributed by atoms with Crippen molar-refractivity contribution in [1.29, 1.82) is 0 Å². The highest BCUT2D eigenvalue weighted by Gasteiger charge is 2.43. The van der Waals surface area contributed by atoms with Gasteiger partial charge in [0.2, 0.25) is 0 Å². The molecule has 1 unspecified atom stereocenters. The van der Waals surface area contributed by atoms with Gasteiger partial charge in [-0.1, -0.05) is 30.7 Å². The van der Waals surface area contributed by atoms with Crippen molar-refractivity contribution in [2.45, 2.75) is 76.1 Å². The molecule has 3 atom stereocenters. The quantitative estimate of drug-likeness (QED) is 0.348. The molecule has 1 aliphatic carbocycles. The molecular weight excluding hydrogens is 515 g/mol. The lowest BCUT2D eigenvalue weighted by Crippen LogP contribution is -2.50. The molecule has 2 fully saturated rings. The minimum absolute atomic E-state index is 0.109. The first kappa shape index (κ1) is 27.3. The SMILES string of the molecule is COC(=O)[C@@H](C)[C@H](c1ccc2c(c1)OC1(CC2)CCN(C(C)c2cc(Cl)ccc2C(F)(F)F)CC1)C1CC1. The number of likely N-dealkylation sites (tertiary alicyclic amines) is 1. The normalized spacial score (nSPS) is 21.8. The Hall–Kier alpha value is -2.25. The second-order valence-corrected chi connectivity index (χ2v) is 11.7. The van der Waals surface area contributed by atoms with Gasteiger partial charge in [-0.25, -0.2) is 0 Å². The van der Waals surface area contributed by atoms with E-state index in [1.807, 2.05) is 13.8 Å². The van der Waals surface area contributed by atoms with Gasteiger partial charge < -0.3 is 9.47 Å². The zero-order valence-corrected chi connectivity index (χ0v) is 22.9. The van der Waals surface area contributed by atoms with Crippen LogP contribution in [0.2, 0.25) is 5.02 Å². The van der Waals surface area contributed by atoms with Crippen molar-refractivity contribution in [1.82, 2.24) is 4.90 Å². The molecule has 0 aromatic heterocycles. The number of carbonyl (C=O) groups is 1. The van der Waals surface area contributed by atoms with Gasteiger partial charge in [0.25, 0.3) is 0 Å². The highest BCUT2D eigenvalue weighted by atomic mass is 35.5. The molecule has 2 aliphatic heterocycles. The smallest absolute Gasteiger partial charge is 0.416 e. The molecule has 8 heteroatoms. The molecule has 0 bridgehead atoms. The summed E-state index contributed by atoms with van der Waals surface area (Å²) in [6, 6.07) is 9.79. The zero-order valence-electron chi connectivity index (χ0n) is 22.1. The van der Waals surface area contributed by atoms with Crippen LogP contribution in [0.25, 0.3) is 0 Å². The van der Waals surface area contributed by atoms with Gasteiger partial charge in [0.1, 0.15) is 11.4 Å². The lowest BCUT2D eigenvalue weighted by atomic mass is 9.80. The number of hydrogen-bond donors (Lipinski definition) is 0. The standard InChI is InChI=1S/C30H35ClF3NO3/c1-18(28(36)37-3)27(21-5-6-21)22-7-4-20-10-11-29(38-26(20)16-22)12-14-35(15-13-29)19(2)24-17-23(31)8-9-25(24)30(32,33)34/h4,7-9,16-19,21,27H,5-6,10-15H2,1-3H3/t18-,19?,27-/m0/s1. The number of esters is 1. The Bertz CT molecular complexity index is 1190. The highest BCUT2D eigenvalue weighted by Crippen LogP contribution is 2.49. The monoisotopic (exact) mass is 549 g/mol. The third kappa shape index (κ3) is 5.42. The first-order chi connectivity index (χ1) is 18.0. The minimum Gasteiger partial charge on any atom is -0.487 e. The summed E-state index contributed by atoms with van der Waals surface area (Å²) < 4.78 is 52.8. The highest BCUT2D eigenvalue weighted by molar-refractivity contribution is 6.30. The largest absolute Gasteiger partial charge is 0.487 e. The van der Waals surface area contributed by atoms with Crippen LogP contribution in [0.15, 0.2) is 36.4 Å². The topological polar surface area (TPSA) is 38.8 Å². The molecule has 1 spiro atoms. The number of rotatable bonds is 6. The molecule has 0 N–H and O–H groups in total. The average Bonchev–Trinajstić information content (AvgIpc) is 3.72. The van der Waals surface area contributed by atoms with Gasteiger partial charge in [0.15, 0.2) is 0 Å². The van der Waals surface area contributed by atoms with Crippen LogP contribution in [-0.4, -0.2) is 36.7 Å². The second kappa shape index (κ2) is 10.4. The number of benzene rings is 2. The van der Waals surface area contributed by atoms with Crippen LogP contribution in [0.1, 0.15) is 80.2 Å². The van der Waals surface area contributed by atoms with Gasteiger partial charge in [-0.3, -0.25) is 9.69 Å². The van der Waals surface area contributed by atoms with Gasteiger partial charge in [-0.2, -0.15) is 13.2 Å². The summed E-state index contributed by atoms with van der Waals surface area (Å²) >= 11 is 6.09. The van der Waals surface area contributed by atoms with Crippen LogP contribution >= 0.6 is 11.6 Å². The number of aryl methyl sites for hydroxylation is 1. The molecule has 0 amide bonds. The number of nitrogens with zero attached hydrogens (tertiary/aromatic N) is 1. The fraction of sp³-hybridized carbons (Fsp3) is 0.567. The van der Waals surface area contributed by atoms with Gasteiger partial charge in [-0.15, -0.1) is 0 Å². The van der Waals surface area contributed by atoms with E-state index in [9.17, 15) is 18.0 Å². The fourth-order valence-electron chi connectivity index (χ4n) is 6.49. The van der Waals surface area contributed by atoms with E-state index in [1.54, 1.807) is 0 Å². The van der Waals surface area contributed by atoms with Crippen molar-refractivity contribution < 1.29 is 27.4 Å². The number of carbonyl (C=O) groups excluding carboxylic acids is 1. The van der Waals surface area contributed by atoms with Crippen molar-refractivity contribution in [3.05, 3.63) is 63.7 Å². The maximum Gasteiger partial charge on any atom is 0.416 e. The van der Waals surface area contributed by atoms with E-state index in [1.165, 1.54) is 24.8 Å². The van der Waals surface area contributed by atoms with Crippen LogP contribution in [-0.2, 0) is 22.1 Å². The van der Waals surface area contributed by atoms with Crippen molar-refractivity contribution in [3.8, 4) is 5.75 Å². The van der Waals surface area contributed by atoms with E-state index in [0.717, 1.165) is 55.9 Å². The van der Waals surface area contributed by atoms with E-state index in [4.69, 9.17) is 21.1 Å². The number of piperidine rings is 1. The number of alkyl halides is 3. The molecule has 5 rings (SSSR count). The molecule has 4 nitrogen and oxygen atoms in total. The van der Waals surface area contributed by atoms with Crippen LogP contribution < -0.4 is 4.74 Å². The van der Waals surface area contributed by atoms with Crippen molar-refractivity contribution >= 4 is 17.6 Å². The van der Waals surface area contributed by atoms with Gasteiger partial charge in [0, 0.05) is 24.2 Å². The Morgan fingerprint density at radius 3 is 2.45 bits per heavy atom. The summed E-state index contributed by atoms with van der Waals surface area (Å²) in [5.41, 5.74) is 1.55. The van der Waals surface area contributed by atoms with Crippen molar-refractivity contribution in [2.75, 3.05) is 20.2 Å². The average molecular weight is 550 g/mol. The maximum atomic E-state index is 13.7. The van der Waals surface area contributed by atoms with Crippen molar-refractivity contribution in [3.63, 3.8) is 0 Å². The predicted molar refractivity (Wildman–Crippen MR) is 140 cm³/mol. The number of methoxy groups -OCH3 is 1. The maximum absolute atomic E-state index is 13.7. The molecular formula is C30H35ClF3NO3. The minimum atomic E-state index is -4.43. The third-order valence-electron chi connectivity index (χ3n) is 8.92. The van der Waals surface area contributed by atoms with Gasteiger partial charge >= 0.3 is 12.1 Å². The van der Waals surface area contributed by atoms with Crippen LogP contribution in [0.4, 0.5) is 13.2 Å². The molecule has 1 saturated heterocycles. The Labute approximate surface area is 227 Å². The number of fused-ring (bicyclic) bond motifs is 1. The van der Waals surface area contributed by atoms with Crippen molar-refractivity contribution in [2.24, 2.45) is 11.8 Å². The molecule has 2 aromatic carbocycles. The first-order valence-corrected chi connectivity index (χ1v) is 13.9.